The largest absolute Gasteiger partial charge is 0.374 e. The molecule has 0 aliphatic carbocycles. The van der Waals surface area contributed by atoms with Crippen LogP contribution in [0.15, 0.2) is 23.1 Å². The summed E-state index contributed by atoms with van der Waals surface area (Å²) in [5.74, 6) is 0. The Balaban J connectivity index is 2.87. The third-order valence-electron chi connectivity index (χ3n) is 1.62. The van der Waals surface area contributed by atoms with Crippen molar-refractivity contribution in [1.29, 1.82) is 0 Å². The highest BCUT2D eigenvalue weighted by atomic mass is 16.3. The molecule has 0 amide bonds. The predicted octanol–water partition coefficient (Wildman–Crippen LogP) is -0.864. The Kier molecular flexibility index (Phi) is 1.75. The Morgan fingerprint density at radius 2 is 2.38 bits per heavy atom. The van der Waals surface area contributed by atoms with Gasteiger partial charge in [0, 0.05) is 6.20 Å². The highest BCUT2D eigenvalue weighted by molar-refractivity contribution is 5.71. The lowest BCUT2D eigenvalue weighted by atomic mass is 10.4. The summed E-state index contributed by atoms with van der Waals surface area (Å²) in [6.45, 7) is -0.488. The maximum Gasteiger partial charge on any atom is 0.298 e. The van der Waals surface area contributed by atoms with Gasteiger partial charge in [-0.15, -0.1) is 5.10 Å². The Morgan fingerprint density at radius 3 is 3.15 bits per heavy atom. The van der Waals surface area contributed by atoms with Crippen LogP contribution in [0.3, 0.4) is 0 Å². The molecule has 0 aromatic carbocycles. The molecule has 2 aromatic heterocycles. The first-order valence-electron chi connectivity index (χ1n) is 3.62. The zero-order valence-electron chi connectivity index (χ0n) is 6.58. The molecule has 0 aliphatic rings. The van der Waals surface area contributed by atoms with Crippen LogP contribution in [0.4, 0.5) is 0 Å². The average Bonchev–Trinajstić information content (AvgIpc) is 2.19. The van der Waals surface area contributed by atoms with Crippen LogP contribution in [0.25, 0.3) is 11.0 Å². The molecule has 13 heavy (non-hydrogen) atoms. The first-order valence-corrected chi connectivity index (χ1v) is 3.62. The van der Waals surface area contributed by atoms with Gasteiger partial charge in [0.05, 0.1) is 0 Å². The van der Waals surface area contributed by atoms with Crippen LogP contribution in [-0.2, 0) is 6.73 Å². The number of aliphatic hydroxyl groups is 1. The number of aliphatic hydroxyl groups excluding tert-OH is 1. The van der Waals surface area contributed by atoms with Crippen LogP contribution >= 0.6 is 0 Å². The molecule has 0 atom stereocenters. The van der Waals surface area contributed by atoms with E-state index in [-0.39, 0.29) is 5.52 Å². The normalized spacial score (nSPS) is 10.5. The number of nitrogens with zero attached hydrogens (tertiary/aromatic N) is 4. The fourth-order valence-corrected chi connectivity index (χ4v) is 1.000. The second kappa shape index (κ2) is 2.91. The Labute approximate surface area is 72.5 Å². The standard InChI is InChI=1S/C7H6N4O2/c12-4-11-7(13)6-5(9-10-11)2-1-3-8-6/h1-3,12H,4H2. The van der Waals surface area contributed by atoms with Gasteiger partial charge in [-0.2, -0.15) is 4.68 Å². The Morgan fingerprint density at radius 1 is 1.54 bits per heavy atom. The van der Waals surface area contributed by atoms with Crippen LogP contribution in [0, 0.1) is 0 Å². The first-order chi connectivity index (χ1) is 6.33. The van der Waals surface area contributed by atoms with Crippen molar-refractivity contribution < 1.29 is 5.11 Å². The number of rotatable bonds is 1. The molecule has 0 saturated carbocycles. The molecule has 0 spiro atoms. The molecule has 0 unspecified atom stereocenters. The van der Waals surface area contributed by atoms with Crippen LogP contribution in [-0.4, -0.2) is 25.1 Å². The Bertz CT molecular complexity index is 493. The molecule has 2 heterocycles. The minimum absolute atomic E-state index is 0.214. The van der Waals surface area contributed by atoms with E-state index in [0.717, 1.165) is 4.68 Å². The SMILES string of the molecule is O=c1c2ncccc2nnn1CO. The van der Waals surface area contributed by atoms with Crippen molar-refractivity contribution in [1.82, 2.24) is 20.0 Å². The van der Waals surface area contributed by atoms with Crippen molar-refractivity contribution in [3.63, 3.8) is 0 Å². The van der Waals surface area contributed by atoms with E-state index in [1.807, 2.05) is 0 Å². The molecule has 0 radical (unpaired) electrons. The van der Waals surface area contributed by atoms with Crippen molar-refractivity contribution in [3.05, 3.63) is 28.7 Å². The lowest BCUT2D eigenvalue weighted by molar-refractivity contribution is 0.185. The van der Waals surface area contributed by atoms with E-state index in [2.05, 4.69) is 15.3 Å². The summed E-state index contributed by atoms with van der Waals surface area (Å²) in [6.07, 6.45) is 1.49. The van der Waals surface area contributed by atoms with Crippen molar-refractivity contribution >= 4 is 11.0 Å². The number of hydrogen-bond acceptors (Lipinski definition) is 5. The number of fused-ring (bicyclic) bond motifs is 1. The number of pyridine rings is 1. The van der Waals surface area contributed by atoms with Gasteiger partial charge in [-0.25, -0.2) is 4.98 Å². The van der Waals surface area contributed by atoms with E-state index in [9.17, 15) is 4.79 Å². The molecule has 0 aliphatic heterocycles. The zero-order valence-corrected chi connectivity index (χ0v) is 6.58. The van der Waals surface area contributed by atoms with Crippen molar-refractivity contribution in [3.8, 4) is 0 Å². The lowest BCUT2D eigenvalue weighted by Gasteiger charge is -1.98. The minimum atomic E-state index is -0.488. The second-order valence-corrected chi connectivity index (χ2v) is 2.41. The van der Waals surface area contributed by atoms with Gasteiger partial charge in [0.1, 0.15) is 12.2 Å². The molecule has 1 N–H and O–H groups in total. The number of aromatic nitrogens is 4. The highest BCUT2D eigenvalue weighted by Crippen LogP contribution is 1.98. The second-order valence-electron chi connectivity index (χ2n) is 2.41. The zero-order chi connectivity index (χ0) is 9.26. The van der Waals surface area contributed by atoms with Crippen molar-refractivity contribution in [2.24, 2.45) is 0 Å². The maximum absolute atomic E-state index is 11.4. The third-order valence-corrected chi connectivity index (χ3v) is 1.62. The van der Waals surface area contributed by atoms with Crippen LogP contribution in [0.1, 0.15) is 0 Å². The van der Waals surface area contributed by atoms with Gasteiger partial charge in [0.25, 0.3) is 5.56 Å². The van der Waals surface area contributed by atoms with E-state index in [0.29, 0.717) is 5.52 Å². The van der Waals surface area contributed by atoms with Gasteiger partial charge in [-0.1, -0.05) is 5.21 Å². The van der Waals surface area contributed by atoms with E-state index < -0.39 is 12.3 Å². The van der Waals surface area contributed by atoms with Gasteiger partial charge in [0.2, 0.25) is 0 Å². The molecule has 0 saturated heterocycles. The van der Waals surface area contributed by atoms with Crippen molar-refractivity contribution in [2.75, 3.05) is 0 Å². The predicted molar refractivity (Wildman–Crippen MR) is 43.8 cm³/mol. The highest BCUT2D eigenvalue weighted by Gasteiger charge is 2.03. The summed E-state index contributed by atoms with van der Waals surface area (Å²) in [6, 6.07) is 3.30. The van der Waals surface area contributed by atoms with E-state index in [1.54, 1.807) is 12.1 Å². The summed E-state index contributed by atoms with van der Waals surface area (Å²) < 4.78 is 0.843. The van der Waals surface area contributed by atoms with Crippen molar-refractivity contribution in [2.45, 2.75) is 6.73 Å². The fraction of sp³-hybridized carbons (Fsp3) is 0.143. The molecule has 66 valence electrons. The summed E-state index contributed by atoms with van der Waals surface area (Å²) in [5, 5.41) is 15.9. The first kappa shape index (κ1) is 7.81. The molecule has 0 bridgehead atoms. The molecule has 6 nitrogen and oxygen atoms in total. The van der Waals surface area contributed by atoms with E-state index in [1.165, 1.54) is 6.20 Å². The van der Waals surface area contributed by atoms with Crippen LogP contribution in [0.5, 0.6) is 0 Å². The maximum atomic E-state index is 11.4. The van der Waals surface area contributed by atoms with Gasteiger partial charge < -0.3 is 5.11 Å². The summed E-state index contributed by atoms with van der Waals surface area (Å²) >= 11 is 0. The summed E-state index contributed by atoms with van der Waals surface area (Å²) in [5.41, 5.74) is 0.205. The lowest BCUT2D eigenvalue weighted by Crippen LogP contribution is -2.24. The molecule has 6 heteroatoms. The van der Waals surface area contributed by atoms with Gasteiger partial charge in [0.15, 0.2) is 5.52 Å². The van der Waals surface area contributed by atoms with Gasteiger partial charge in [-0.3, -0.25) is 4.79 Å². The van der Waals surface area contributed by atoms with Crippen LogP contribution in [0.2, 0.25) is 0 Å². The minimum Gasteiger partial charge on any atom is -0.374 e. The van der Waals surface area contributed by atoms with Gasteiger partial charge >= 0.3 is 0 Å². The summed E-state index contributed by atoms with van der Waals surface area (Å²) in [7, 11) is 0. The Hall–Kier alpha value is -1.82. The fourth-order valence-electron chi connectivity index (χ4n) is 1.000. The smallest absolute Gasteiger partial charge is 0.298 e. The summed E-state index contributed by atoms with van der Waals surface area (Å²) in [4.78, 5) is 15.2. The third kappa shape index (κ3) is 1.17. The van der Waals surface area contributed by atoms with E-state index >= 15 is 0 Å². The quantitative estimate of drug-likeness (QED) is 0.614. The molecular formula is C7H6N4O2. The number of hydrogen-bond donors (Lipinski definition) is 1. The molecule has 2 rings (SSSR count). The van der Waals surface area contributed by atoms with E-state index in [4.69, 9.17) is 5.11 Å². The van der Waals surface area contributed by atoms with Gasteiger partial charge in [-0.05, 0) is 12.1 Å². The molecule has 2 aromatic rings. The molecule has 0 fully saturated rings. The monoisotopic (exact) mass is 178 g/mol. The van der Waals surface area contributed by atoms with Crippen LogP contribution < -0.4 is 5.56 Å². The average molecular weight is 178 g/mol. The topological polar surface area (TPSA) is 80.9 Å². The molecular weight excluding hydrogens is 172 g/mol.